The van der Waals surface area contributed by atoms with Gasteiger partial charge in [-0.25, -0.2) is 0 Å². The number of phenols is 1. The predicted molar refractivity (Wildman–Crippen MR) is 42.4 cm³/mol. The van der Waals surface area contributed by atoms with Gasteiger partial charge in [-0.3, -0.25) is 10.1 Å². The van der Waals surface area contributed by atoms with Crippen LogP contribution in [-0.2, 0) is 0 Å². The number of hydrogen-bond acceptors (Lipinski definition) is 4. The maximum Gasteiger partial charge on any atom is 1.00 e. The van der Waals surface area contributed by atoms with Crippen molar-refractivity contribution in [3.8, 4) is 11.5 Å². The Balaban J connectivity index is 0. The summed E-state index contributed by atoms with van der Waals surface area (Å²) in [5.74, 6) is -0.00713. The van der Waals surface area contributed by atoms with Crippen LogP contribution in [0.2, 0.25) is 0 Å². The number of methoxy groups -OCH3 is 1. The number of nitro groups is 1. The van der Waals surface area contributed by atoms with Crippen molar-refractivity contribution in [3.05, 3.63) is 28.3 Å². The molecule has 5 nitrogen and oxygen atoms in total. The SMILES string of the molecule is COc1ccc([N+](=O)[O-])cc1O.[H-].[K+]. The molecule has 13 heavy (non-hydrogen) atoms. The van der Waals surface area contributed by atoms with Crippen LogP contribution in [-0.4, -0.2) is 17.1 Å². The van der Waals surface area contributed by atoms with Crippen molar-refractivity contribution in [1.29, 1.82) is 0 Å². The average molecular weight is 209 g/mol. The number of rotatable bonds is 2. The van der Waals surface area contributed by atoms with Gasteiger partial charge in [0.15, 0.2) is 11.5 Å². The molecule has 0 spiro atoms. The summed E-state index contributed by atoms with van der Waals surface area (Å²) in [5.41, 5.74) is -0.159. The number of aromatic hydroxyl groups is 1. The fourth-order valence-corrected chi connectivity index (χ4v) is 0.792. The third-order valence-electron chi connectivity index (χ3n) is 1.37. The number of phenolic OH excluding ortho intramolecular Hbond substituents is 1. The fraction of sp³-hybridized carbons (Fsp3) is 0.143. The molecule has 0 aliphatic rings. The van der Waals surface area contributed by atoms with Crippen LogP contribution in [0.15, 0.2) is 18.2 Å². The van der Waals surface area contributed by atoms with Gasteiger partial charge in [-0.15, -0.1) is 0 Å². The van der Waals surface area contributed by atoms with Crippen LogP contribution in [0.5, 0.6) is 11.5 Å². The zero-order chi connectivity index (χ0) is 9.14. The Morgan fingerprint density at radius 2 is 2.23 bits per heavy atom. The van der Waals surface area contributed by atoms with Crippen molar-refractivity contribution in [2.45, 2.75) is 0 Å². The number of ether oxygens (including phenoxy) is 1. The number of benzene rings is 1. The van der Waals surface area contributed by atoms with Gasteiger partial charge in [0, 0.05) is 6.07 Å². The van der Waals surface area contributed by atoms with Crippen LogP contribution in [0.4, 0.5) is 5.69 Å². The minimum Gasteiger partial charge on any atom is -1.00 e. The minimum absolute atomic E-state index is 0. The molecule has 0 bridgehead atoms. The Kier molecular flexibility index (Phi) is 5.50. The molecule has 1 N–H and O–H groups in total. The van der Waals surface area contributed by atoms with Crippen LogP contribution in [0, 0.1) is 10.1 Å². The van der Waals surface area contributed by atoms with Gasteiger partial charge >= 0.3 is 51.4 Å². The van der Waals surface area contributed by atoms with E-state index in [1.54, 1.807) is 0 Å². The Labute approximate surface area is 119 Å². The van der Waals surface area contributed by atoms with E-state index in [-0.39, 0.29) is 70.0 Å². The summed E-state index contributed by atoms with van der Waals surface area (Å²) < 4.78 is 4.71. The van der Waals surface area contributed by atoms with Crippen LogP contribution >= 0.6 is 0 Å². The Morgan fingerprint density at radius 1 is 1.62 bits per heavy atom. The first-order valence-corrected chi connectivity index (χ1v) is 3.16. The molecule has 6 heteroatoms. The zero-order valence-electron chi connectivity index (χ0n) is 8.35. The van der Waals surface area contributed by atoms with Gasteiger partial charge in [-0.05, 0) is 6.07 Å². The summed E-state index contributed by atoms with van der Waals surface area (Å²) in [6.45, 7) is 0. The van der Waals surface area contributed by atoms with Crippen LogP contribution in [0.25, 0.3) is 0 Å². The molecule has 1 aromatic carbocycles. The minimum atomic E-state index is -0.584. The summed E-state index contributed by atoms with van der Waals surface area (Å²) in [6.07, 6.45) is 0. The monoisotopic (exact) mass is 209 g/mol. The average Bonchev–Trinajstić information content (AvgIpc) is 2.04. The van der Waals surface area contributed by atoms with Gasteiger partial charge in [0.05, 0.1) is 18.1 Å². The van der Waals surface area contributed by atoms with E-state index in [1.807, 2.05) is 0 Å². The van der Waals surface area contributed by atoms with E-state index in [1.165, 1.54) is 19.2 Å². The summed E-state index contributed by atoms with van der Waals surface area (Å²) >= 11 is 0. The van der Waals surface area contributed by atoms with Gasteiger partial charge < -0.3 is 11.3 Å². The second-order valence-corrected chi connectivity index (χ2v) is 2.11. The number of nitrogens with zero attached hydrogens (tertiary/aromatic N) is 1. The van der Waals surface area contributed by atoms with Crippen LogP contribution < -0.4 is 56.1 Å². The second-order valence-electron chi connectivity index (χ2n) is 2.11. The van der Waals surface area contributed by atoms with Gasteiger partial charge in [0.25, 0.3) is 5.69 Å². The van der Waals surface area contributed by atoms with Gasteiger partial charge in [0.2, 0.25) is 0 Å². The first-order valence-electron chi connectivity index (χ1n) is 3.16. The summed E-state index contributed by atoms with van der Waals surface area (Å²) in [5, 5.41) is 19.3. The number of hydrogen-bond donors (Lipinski definition) is 1. The smallest absolute Gasteiger partial charge is 1.00 e. The molecular formula is C7H8KNO4. The molecule has 0 aromatic heterocycles. The molecule has 0 fully saturated rings. The molecule has 0 aliphatic carbocycles. The molecule has 0 saturated carbocycles. The quantitative estimate of drug-likeness (QED) is 0.363. The molecule has 0 saturated heterocycles. The van der Waals surface area contributed by atoms with Gasteiger partial charge in [-0.2, -0.15) is 0 Å². The van der Waals surface area contributed by atoms with E-state index in [4.69, 9.17) is 9.84 Å². The van der Waals surface area contributed by atoms with E-state index < -0.39 is 4.92 Å². The topological polar surface area (TPSA) is 72.6 Å². The van der Waals surface area contributed by atoms with Crippen molar-refractivity contribution < 1.29 is 67.6 Å². The van der Waals surface area contributed by atoms with E-state index in [0.717, 1.165) is 6.07 Å². The molecular weight excluding hydrogens is 201 g/mol. The third-order valence-corrected chi connectivity index (χ3v) is 1.37. The van der Waals surface area contributed by atoms with E-state index in [2.05, 4.69) is 0 Å². The van der Waals surface area contributed by atoms with Crippen LogP contribution in [0.1, 0.15) is 1.43 Å². The molecule has 0 aliphatic heterocycles. The zero-order valence-corrected chi connectivity index (χ0v) is 10.5. The largest absolute Gasteiger partial charge is 1.00 e. The van der Waals surface area contributed by atoms with E-state index in [9.17, 15) is 10.1 Å². The Bertz CT molecular complexity index is 321. The molecule has 1 rings (SSSR count). The molecule has 0 heterocycles. The van der Waals surface area contributed by atoms with Crippen molar-refractivity contribution in [2.75, 3.05) is 7.11 Å². The third kappa shape index (κ3) is 3.24. The first kappa shape index (κ1) is 12.9. The molecule has 1 aromatic rings. The summed E-state index contributed by atoms with van der Waals surface area (Å²) in [4.78, 5) is 9.62. The molecule has 0 unspecified atom stereocenters. The maximum absolute atomic E-state index is 10.2. The van der Waals surface area contributed by atoms with Crippen LogP contribution in [0.3, 0.4) is 0 Å². The van der Waals surface area contributed by atoms with E-state index >= 15 is 0 Å². The maximum atomic E-state index is 10.2. The Hall–Kier alpha value is -0.144. The number of nitro benzene ring substituents is 1. The molecule has 0 amide bonds. The van der Waals surface area contributed by atoms with Crippen molar-refractivity contribution in [3.63, 3.8) is 0 Å². The van der Waals surface area contributed by atoms with Crippen molar-refractivity contribution in [2.24, 2.45) is 0 Å². The normalized spacial score (nSPS) is 8.69. The standard InChI is InChI=1S/C7H7NO4.K.H/c1-12-7-3-2-5(8(10)11)4-6(7)9;;/h2-4,9H,1H3;;/q;+1;-1. The van der Waals surface area contributed by atoms with Gasteiger partial charge in [0.1, 0.15) is 0 Å². The molecule has 0 atom stereocenters. The Morgan fingerprint density at radius 3 is 2.62 bits per heavy atom. The fourth-order valence-electron chi connectivity index (χ4n) is 0.792. The second kappa shape index (κ2) is 5.56. The number of non-ortho nitro benzene ring substituents is 1. The molecule has 66 valence electrons. The molecule has 0 radical (unpaired) electrons. The van der Waals surface area contributed by atoms with E-state index in [0.29, 0.717) is 0 Å². The van der Waals surface area contributed by atoms with Gasteiger partial charge in [-0.1, -0.05) is 0 Å². The first-order chi connectivity index (χ1) is 5.65. The van der Waals surface area contributed by atoms with Crippen molar-refractivity contribution >= 4 is 5.69 Å². The van der Waals surface area contributed by atoms with Crippen molar-refractivity contribution in [1.82, 2.24) is 0 Å². The summed E-state index contributed by atoms with van der Waals surface area (Å²) in [7, 11) is 1.38. The predicted octanol–water partition coefficient (Wildman–Crippen LogP) is -1.57. The summed E-state index contributed by atoms with van der Waals surface area (Å²) in [6, 6.07) is 3.64.